The Balaban J connectivity index is 1.44. The van der Waals surface area contributed by atoms with E-state index in [1.807, 2.05) is 42.5 Å². The molecule has 0 aromatic heterocycles. The highest BCUT2D eigenvalue weighted by Gasteiger charge is 2.26. The van der Waals surface area contributed by atoms with Gasteiger partial charge in [-0.25, -0.2) is 8.42 Å². The van der Waals surface area contributed by atoms with Gasteiger partial charge in [-0.2, -0.15) is 4.31 Å². The molecule has 1 fully saturated rings. The molecular formula is C24H24N2O5S. The Morgan fingerprint density at radius 1 is 0.906 bits per heavy atom. The minimum absolute atomic E-state index is 0.189. The van der Waals surface area contributed by atoms with Gasteiger partial charge in [-0.3, -0.25) is 4.79 Å². The number of carbonyl (C=O) groups is 1. The number of benzene rings is 3. The average molecular weight is 453 g/mol. The van der Waals surface area contributed by atoms with Gasteiger partial charge >= 0.3 is 0 Å². The summed E-state index contributed by atoms with van der Waals surface area (Å²) in [6.07, 6.45) is 0. The van der Waals surface area contributed by atoms with Crippen LogP contribution in [0.4, 0.5) is 5.69 Å². The Morgan fingerprint density at radius 3 is 2.28 bits per heavy atom. The van der Waals surface area contributed by atoms with Crippen molar-refractivity contribution in [2.75, 3.05) is 31.6 Å². The van der Waals surface area contributed by atoms with E-state index in [0.717, 1.165) is 11.3 Å². The highest BCUT2D eigenvalue weighted by molar-refractivity contribution is 7.89. The molecule has 1 amide bonds. The molecule has 0 atom stereocenters. The second-order valence-corrected chi connectivity index (χ2v) is 9.19. The summed E-state index contributed by atoms with van der Waals surface area (Å²) in [6.45, 7) is 1.71. The summed E-state index contributed by atoms with van der Waals surface area (Å²) in [4.78, 5) is 13.1. The Morgan fingerprint density at radius 2 is 1.56 bits per heavy atom. The Labute approximate surface area is 187 Å². The molecule has 1 aliphatic rings. The first-order valence-electron chi connectivity index (χ1n) is 10.3. The molecule has 1 aliphatic heterocycles. The van der Waals surface area contributed by atoms with Crippen molar-refractivity contribution in [3.05, 3.63) is 90.0 Å². The average Bonchev–Trinajstić information content (AvgIpc) is 2.84. The Hall–Kier alpha value is -3.20. The predicted molar refractivity (Wildman–Crippen MR) is 121 cm³/mol. The zero-order chi connectivity index (χ0) is 22.4. The minimum Gasteiger partial charge on any atom is -0.489 e. The van der Waals surface area contributed by atoms with Crippen LogP contribution in [0.5, 0.6) is 5.75 Å². The van der Waals surface area contributed by atoms with Crippen LogP contribution in [0.1, 0.15) is 15.9 Å². The summed E-state index contributed by atoms with van der Waals surface area (Å²) in [7, 11) is -3.58. The van der Waals surface area contributed by atoms with Gasteiger partial charge in [0.1, 0.15) is 12.4 Å². The zero-order valence-corrected chi connectivity index (χ0v) is 18.3. The third-order valence-corrected chi connectivity index (χ3v) is 7.03. The topological polar surface area (TPSA) is 84.9 Å². The number of amides is 1. The van der Waals surface area contributed by atoms with E-state index in [9.17, 15) is 13.2 Å². The second-order valence-electron chi connectivity index (χ2n) is 7.25. The third kappa shape index (κ3) is 5.16. The predicted octanol–water partition coefficient (Wildman–Crippen LogP) is 3.54. The lowest BCUT2D eigenvalue weighted by atomic mass is 10.1. The summed E-state index contributed by atoms with van der Waals surface area (Å²) in [6, 6.07) is 22.8. The van der Waals surface area contributed by atoms with Crippen LogP contribution in [0.3, 0.4) is 0 Å². The van der Waals surface area contributed by atoms with E-state index in [2.05, 4.69) is 5.32 Å². The molecule has 0 saturated carbocycles. The number of nitrogens with zero attached hydrogens (tertiary/aromatic N) is 1. The van der Waals surface area contributed by atoms with Gasteiger partial charge in [0.15, 0.2) is 0 Å². The standard InChI is InChI=1S/C24H24N2O5S/c27-24(23-9-5-4-6-19(23)18-31-21-7-2-1-3-8-21)25-20-10-12-22(13-11-20)32(28,29)26-14-16-30-17-15-26/h1-13H,14-18H2,(H,25,27). The number of carbonyl (C=O) groups excluding carboxylic acids is 1. The Bertz CT molecular complexity index is 1160. The van der Waals surface area contributed by atoms with Crippen LogP contribution in [-0.2, 0) is 21.4 Å². The number of sulfonamides is 1. The van der Waals surface area contributed by atoms with Gasteiger partial charge < -0.3 is 14.8 Å². The molecule has 0 aliphatic carbocycles. The highest BCUT2D eigenvalue weighted by Crippen LogP contribution is 2.21. The molecule has 3 aromatic rings. The van der Waals surface area contributed by atoms with Crippen molar-refractivity contribution in [3.8, 4) is 5.75 Å². The summed E-state index contributed by atoms with van der Waals surface area (Å²) in [5.41, 5.74) is 1.75. The number of nitrogens with one attached hydrogen (secondary N) is 1. The monoisotopic (exact) mass is 452 g/mol. The fourth-order valence-electron chi connectivity index (χ4n) is 3.39. The molecule has 0 radical (unpaired) electrons. The van der Waals surface area contributed by atoms with Crippen molar-refractivity contribution < 1.29 is 22.7 Å². The van der Waals surface area contributed by atoms with E-state index < -0.39 is 10.0 Å². The number of ether oxygens (including phenoxy) is 2. The first-order valence-corrected chi connectivity index (χ1v) is 11.7. The number of morpholine rings is 1. The van der Waals surface area contributed by atoms with Gasteiger partial charge in [0, 0.05) is 29.9 Å². The summed E-state index contributed by atoms with van der Waals surface area (Å²) >= 11 is 0. The number of para-hydroxylation sites is 1. The molecule has 3 aromatic carbocycles. The fraction of sp³-hybridized carbons (Fsp3) is 0.208. The lowest BCUT2D eigenvalue weighted by Crippen LogP contribution is -2.40. The summed E-state index contributed by atoms with van der Waals surface area (Å²) < 4.78 is 37.9. The van der Waals surface area contributed by atoms with Crippen LogP contribution in [-0.4, -0.2) is 44.9 Å². The van der Waals surface area contributed by atoms with E-state index in [0.29, 0.717) is 37.6 Å². The van der Waals surface area contributed by atoms with Crippen molar-refractivity contribution in [3.63, 3.8) is 0 Å². The van der Waals surface area contributed by atoms with E-state index in [-0.39, 0.29) is 17.4 Å². The molecule has 1 N–H and O–H groups in total. The molecule has 7 nitrogen and oxygen atoms in total. The molecule has 4 rings (SSSR count). The van der Waals surface area contributed by atoms with Gasteiger partial charge in [-0.15, -0.1) is 0 Å². The van der Waals surface area contributed by atoms with Crippen LogP contribution in [0.25, 0.3) is 0 Å². The SMILES string of the molecule is O=C(Nc1ccc(S(=O)(=O)N2CCOCC2)cc1)c1ccccc1COc1ccccc1. The van der Waals surface area contributed by atoms with Gasteiger partial charge in [0.25, 0.3) is 5.91 Å². The van der Waals surface area contributed by atoms with Crippen LogP contribution >= 0.6 is 0 Å². The first kappa shape index (κ1) is 22.0. The van der Waals surface area contributed by atoms with Crippen molar-refractivity contribution in [2.24, 2.45) is 0 Å². The normalized spacial score (nSPS) is 14.6. The number of hydrogen-bond acceptors (Lipinski definition) is 5. The van der Waals surface area contributed by atoms with Crippen molar-refractivity contribution >= 4 is 21.6 Å². The summed E-state index contributed by atoms with van der Waals surface area (Å²) in [5.74, 6) is 0.431. The van der Waals surface area contributed by atoms with Gasteiger partial charge in [-0.1, -0.05) is 36.4 Å². The molecule has 32 heavy (non-hydrogen) atoms. The second kappa shape index (κ2) is 9.95. The fourth-order valence-corrected chi connectivity index (χ4v) is 4.80. The zero-order valence-electron chi connectivity index (χ0n) is 17.4. The maximum absolute atomic E-state index is 12.9. The van der Waals surface area contributed by atoms with E-state index in [1.54, 1.807) is 24.3 Å². The van der Waals surface area contributed by atoms with Crippen molar-refractivity contribution in [1.82, 2.24) is 4.31 Å². The van der Waals surface area contributed by atoms with E-state index in [4.69, 9.17) is 9.47 Å². The molecular weight excluding hydrogens is 428 g/mol. The van der Waals surface area contributed by atoms with Gasteiger partial charge in [0.2, 0.25) is 10.0 Å². The van der Waals surface area contributed by atoms with Gasteiger partial charge in [-0.05, 0) is 42.5 Å². The van der Waals surface area contributed by atoms with E-state index >= 15 is 0 Å². The maximum atomic E-state index is 12.9. The van der Waals surface area contributed by atoms with E-state index in [1.165, 1.54) is 16.4 Å². The van der Waals surface area contributed by atoms with Crippen LogP contribution in [0.2, 0.25) is 0 Å². The molecule has 0 unspecified atom stereocenters. The third-order valence-electron chi connectivity index (χ3n) is 5.12. The molecule has 0 bridgehead atoms. The van der Waals surface area contributed by atoms with Crippen LogP contribution in [0.15, 0.2) is 83.8 Å². The number of hydrogen-bond donors (Lipinski definition) is 1. The highest BCUT2D eigenvalue weighted by atomic mass is 32.2. The Kier molecular flexibility index (Phi) is 6.84. The molecule has 1 heterocycles. The largest absolute Gasteiger partial charge is 0.489 e. The maximum Gasteiger partial charge on any atom is 0.256 e. The molecule has 0 spiro atoms. The lowest BCUT2D eigenvalue weighted by Gasteiger charge is -2.26. The molecule has 166 valence electrons. The smallest absolute Gasteiger partial charge is 0.256 e. The number of anilines is 1. The molecule has 1 saturated heterocycles. The molecule has 8 heteroatoms. The van der Waals surface area contributed by atoms with Crippen molar-refractivity contribution in [2.45, 2.75) is 11.5 Å². The van der Waals surface area contributed by atoms with Crippen LogP contribution in [0, 0.1) is 0 Å². The summed E-state index contributed by atoms with van der Waals surface area (Å²) in [5, 5.41) is 2.83. The van der Waals surface area contributed by atoms with Gasteiger partial charge in [0.05, 0.1) is 18.1 Å². The van der Waals surface area contributed by atoms with Crippen LogP contribution < -0.4 is 10.1 Å². The minimum atomic E-state index is -3.58. The lowest BCUT2D eigenvalue weighted by molar-refractivity contribution is 0.0730. The van der Waals surface area contributed by atoms with Crippen molar-refractivity contribution in [1.29, 1.82) is 0 Å². The quantitative estimate of drug-likeness (QED) is 0.593. The first-order chi connectivity index (χ1) is 15.5. The number of rotatable bonds is 7.